The summed E-state index contributed by atoms with van der Waals surface area (Å²) in [6.07, 6.45) is 7.76. The van der Waals surface area contributed by atoms with Gasteiger partial charge in [0.25, 0.3) is 0 Å². The summed E-state index contributed by atoms with van der Waals surface area (Å²) in [5, 5.41) is 11.9. The van der Waals surface area contributed by atoms with Gasteiger partial charge in [0.05, 0.1) is 16.6 Å². The van der Waals surface area contributed by atoms with E-state index in [-0.39, 0.29) is 53.3 Å². The zero-order valence-electron chi connectivity index (χ0n) is 19.1. The second-order valence-corrected chi connectivity index (χ2v) is 8.21. The Morgan fingerprint density at radius 3 is 2.39 bits per heavy atom. The average molecular weight is 538 g/mol. The third kappa shape index (κ3) is 5.17. The number of carboxylic acid groups (broad SMARTS) is 1. The van der Waals surface area contributed by atoms with Gasteiger partial charge in [-0.2, -0.15) is 0 Å². The van der Waals surface area contributed by atoms with Crippen molar-refractivity contribution in [2.24, 2.45) is 0 Å². The molecule has 1 aliphatic heterocycles. The maximum absolute atomic E-state index is 15.0. The molecule has 13 heteroatoms. The van der Waals surface area contributed by atoms with Crippen LogP contribution in [0.25, 0.3) is 11.0 Å². The topological polar surface area (TPSA) is 109 Å². The first kappa shape index (κ1) is 27.0. The molecule has 3 aromatic heterocycles. The molecular formula is C23H23Cl2F2N7O2. The quantitative estimate of drug-likeness (QED) is 0.368. The Labute approximate surface area is 217 Å². The van der Waals surface area contributed by atoms with E-state index in [4.69, 9.17) is 5.11 Å². The van der Waals surface area contributed by atoms with Crippen molar-refractivity contribution in [2.75, 3.05) is 23.3 Å². The van der Waals surface area contributed by atoms with Gasteiger partial charge in [0.15, 0.2) is 5.82 Å². The highest BCUT2D eigenvalue weighted by atomic mass is 35.5. The molecule has 0 unspecified atom stereocenters. The number of benzene rings is 1. The molecule has 5 rings (SSSR count). The normalized spacial score (nSPS) is 13.7. The molecule has 1 aliphatic rings. The lowest BCUT2D eigenvalue weighted by molar-refractivity contribution is 0.0696. The van der Waals surface area contributed by atoms with Gasteiger partial charge in [0.2, 0.25) is 5.95 Å². The molecule has 0 bridgehead atoms. The van der Waals surface area contributed by atoms with E-state index in [1.807, 2.05) is 6.92 Å². The number of nitrogens with zero attached hydrogens (tertiary/aromatic N) is 6. The fourth-order valence-electron chi connectivity index (χ4n) is 4.18. The highest BCUT2D eigenvalue weighted by molar-refractivity contribution is 5.91. The highest BCUT2D eigenvalue weighted by Gasteiger charge is 2.26. The predicted molar refractivity (Wildman–Crippen MR) is 136 cm³/mol. The van der Waals surface area contributed by atoms with Crippen LogP contribution in [-0.2, 0) is 0 Å². The summed E-state index contributed by atoms with van der Waals surface area (Å²) < 4.78 is 31.2. The molecule has 0 amide bonds. The summed E-state index contributed by atoms with van der Waals surface area (Å²) in [6, 6.07) is 3.46. The zero-order valence-corrected chi connectivity index (χ0v) is 20.7. The summed E-state index contributed by atoms with van der Waals surface area (Å²) in [6.45, 7) is 3.37. The lowest BCUT2D eigenvalue weighted by Gasteiger charge is -2.32. The van der Waals surface area contributed by atoms with Gasteiger partial charge in [0, 0.05) is 37.7 Å². The number of anilines is 3. The minimum absolute atomic E-state index is 0. The Hall–Kier alpha value is -3.57. The van der Waals surface area contributed by atoms with Crippen LogP contribution in [0.4, 0.5) is 26.2 Å². The van der Waals surface area contributed by atoms with E-state index in [9.17, 15) is 9.18 Å². The van der Waals surface area contributed by atoms with Crippen LogP contribution in [0.15, 0.2) is 43.1 Å². The van der Waals surface area contributed by atoms with Gasteiger partial charge in [-0.3, -0.25) is 0 Å². The van der Waals surface area contributed by atoms with Crippen LogP contribution in [0, 0.1) is 18.6 Å². The lowest BCUT2D eigenvalue weighted by atomic mass is 10.1. The number of aromatic carboxylic acids is 1. The number of piperidine rings is 1. The predicted octanol–water partition coefficient (Wildman–Crippen LogP) is 4.93. The number of carboxylic acids is 1. The second kappa shape index (κ2) is 11.0. The first-order chi connectivity index (χ1) is 16.4. The molecule has 2 N–H and O–H groups in total. The van der Waals surface area contributed by atoms with Crippen molar-refractivity contribution >= 4 is 59.3 Å². The van der Waals surface area contributed by atoms with E-state index in [0.29, 0.717) is 24.7 Å². The van der Waals surface area contributed by atoms with Gasteiger partial charge in [-0.15, -0.1) is 24.8 Å². The molecule has 4 heterocycles. The molecule has 0 radical (unpaired) electrons. The summed E-state index contributed by atoms with van der Waals surface area (Å²) in [5.74, 6) is -1.76. The smallest absolute Gasteiger partial charge is 0.335 e. The Balaban J connectivity index is 0.00000180. The molecule has 36 heavy (non-hydrogen) atoms. The molecule has 1 saturated heterocycles. The summed E-state index contributed by atoms with van der Waals surface area (Å²) in [5.41, 5.74) is 1.21. The van der Waals surface area contributed by atoms with Crippen LogP contribution >= 0.6 is 24.8 Å². The van der Waals surface area contributed by atoms with E-state index in [0.717, 1.165) is 24.5 Å². The highest BCUT2D eigenvalue weighted by Crippen LogP contribution is 2.33. The maximum atomic E-state index is 15.0. The summed E-state index contributed by atoms with van der Waals surface area (Å²) >= 11 is 0. The SMILES string of the molecule is Cc1cnc(N2CCC(n3cc(F)c4c(Nc5ccc(C(=O)O)cc5F)ncnc43)CC2)nc1.Cl.Cl. The fourth-order valence-corrected chi connectivity index (χ4v) is 4.18. The van der Waals surface area contributed by atoms with Crippen LogP contribution < -0.4 is 10.2 Å². The Bertz CT molecular complexity index is 1380. The molecule has 0 atom stereocenters. The lowest BCUT2D eigenvalue weighted by Crippen LogP contribution is -2.35. The second-order valence-electron chi connectivity index (χ2n) is 8.21. The molecular weight excluding hydrogens is 515 g/mol. The number of fused-ring (bicyclic) bond motifs is 1. The number of hydrogen-bond acceptors (Lipinski definition) is 7. The first-order valence-electron chi connectivity index (χ1n) is 10.7. The maximum Gasteiger partial charge on any atom is 0.335 e. The Morgan fingerprint density at radius 1 is 1.06 bits per heavy atom. The third-order valence-electron chi connectivity index (χ3n) is 5.94. The van der Waals surface area contributed by atoms with E-state index in [2.05, 4.69) is 30.2 Å². The first-order valence-corrected chi connectivity index (χ1v) is 10.7. The molecule has 9 nitrogen and oxygen atoms in total. The minimum Gasteiger partial charge on any atom is -0.478 e. The number of aromatic nitrogens is 5. The van der Waals surface area contributed by atoms with Crippen LogP contribution in [0.5, 0.6) is 0 Å². The summed E-state index contributed by atoms with van der Waals surface area (Å²) in [7, 11) is 0. The number of carbonyl (C=O) groups is 1. The van der Waals surface area contributed by atoms with Gasteiger partial charge >= 0.3 is 5.97 Å². The number of aryl methyl sites for hydroxylation is 1. The third-order valence-corrected chi connectivity index (χ3v) is 5.94. The summed E-state index contributed by atoms with van der Waals surface area (Å²) in [4.78, 5) is 30.3. The fraction of sp³-hybridized carbons (Fsp3) is 0.261. The zero-order chi connectivity index (χ0) is 23.8. The van der Waals surface area contributed by atoms with Gasteiger partial charge in [-0.1, -0.05) is 0 Å². The van der Waals surface area contributed by atoms with Crippen molar-refractivity contribution in [2.45, 2.75) is 25.8 Å². The molecule has 4 aromatic rings. The van der Waals surface area contributed by atoms with Crippen LogP contribution in [-0.4, -0.2) is 48.7 Å². The molecule has 0 aliphatic carbocycles. The molecule has 190 valence electrons. The largest absolute Gasteiger partial charge is 0.478 e. The van der Waals surface area contributed by atoms with Crippen molar-refractivity contribution in [1.82, 2.24) is 24.5 Å². The molecule has 1 aromatic carbocycles. The minimum atomic E-state index is -1.24. The van der Waals surface area contributed by atoms with Crippen LogP contribution in [0.1, 0.15) is 34.8 Å². The number of halogens is 4. The number of rotatable bonds is 5. The van der Waals surface area contributed by atoms with E-state index in [1.54, 1.807) is 17.0 Å². The van der Waals surface area contributed by atoms with E-state index in [1.165, 1.54) is 24.7 Å². The van der Waals surface area contributed by atoms with E-state index < -0.39 is 17.6 Å². The molecule has 1 fully saturated rings. The van der Waals surface area contributed by atoms with Crippen molar-refractivity contribution < 1.29 is 18.7 Å². The number of hydrogen-bond donors (Lipinski definition) is 2. The Morgan fingerprint density at radius 2 is 1.75 bits per heavy atom. The molecule has 0 spiro atoms. The van der Waals surface area contributed by atoms with Crippen molar-refractivity contribution in [3.63, 3.8) is 0 Å². The monoisotopic (exact) mass is 537 g/mol. The van der Waals surface area contributed by atoms with Gasteiger partial charge in [-0.05, 0) is 43.5 Å². The Kier molecular flexibility index (Phi) is 8.26. The van der Waals surface area contributed by atoms with Gasteiger partial charge in [-0.25, -0.2) is 33.5 Å². The van der Waals surface area contributed by atoms with Gasteiger partial charge in [0.1, 0.15) is 23.6 Å². The van der Waals surface area contributed by atoms with E-state index >= 15 is 4.39 Å². The van der Waals surface area contributed by atoms with Crippen molar-refractivity contribution in [1.29, 1.82) is 0 Å². The van der Waals surface area contributed by atoms with Crippen LogP contribution in [0.2, 0.25) is 0 Å². The number of nitrogens with one attached hydrogen (secondary N) is 1. The standard InChI is InChI=1S/C23H21F2N7O2.2ClH/c1-13-9-26-23(27-10-13)31-6-4-15(5-7-31)32-11-17(25)19-20(28-12-29-21(19)32)30-18-3-2-14(22(33)34)8-16(18)24;;/h2-3,8-12,15H,4-7H2,1H3,(H,33,34)(H,28,29,30);2*1H. The van der Waals surface area contributed by atoms with Crippen molar-refractivity contribution in [3.8, 4) is 0 Å². The average Bonchev–Trinajstić information content (AvgIpc) is 3.18. The molecule has 0 saturated carbocycles. The van der Waals surface area contributed by atoms with Crippen molar-refractivity contribution in [3.05, 3.63) is 65.9 Å². The van der Waals surface area contributed by atoms with Crippen LogP contribution in [0.3, 0.4) is 0 Å². The van der Waals surface area contributed by atoms with Gasteiger partial charge < -0.3 is 19.9 Å².